The van der Waals surface area contributed by atoms with E-state index in [-0.39, 0.29) is 11.5 Å². The molecule has 0 aromatic carbocycles. The van der Waals surface area contributed by atoms with Crippen LogP contribution in [0.5, 0.6) is 0 Å². The van der Waals surface area contributed by atoms with Gasteiger partial charge in [0.05, 0.1) is 6.10 Å². The Bertz CT molecular complexity index is 256. The summed E-state index contributed by atoms with van der Waals surface area (Å²) in [4.78, 5) is 0. The first-order valence-corrected chi connectivity index (χ1v) is 5.50. The molecule has 1 aliphatic rings. The molecule has 14 heavy (non-hydrogen) atoms. The highest BCUT2D eigenvalue weighted by Gasteiger charge is 2.26. The van der Waals surface area contributed by atoms with E-state index in [1.54, 1.807) is 6.92 Å². The average molecular weight is 194 g/mol. The summed E-state index contributed by atoms with van der Waals surface area (Å²) in [6.45, 7) is 8.58. The first-order valence-electron chi connectivity index (χ1n) is 5.50. The van der Waals surface area contributed by atoms with Gasteiger partial charge in [-0.25, -0.2) is 0 Å². The molecule has 0 saturated carbocycles. The molecule has 0 bridgehead atoms. The molecule has 0 aromatic rings. The Morgan fingerprint density at radius 3 is 2.57 bits per heavy atom. The van der Waals surface area contributed by atoms with Crippen LogP contribution in [0.1, 0.15) is 47.0 Å². The minimum absolute atomic E-state index is 0.285. The standard InChI is InChI=1S/C13H22O/c1-10-6-5-9-13(3,4)12(10)8-7-11(2)14/h7-8,11,14H,5-6,9H2,1-4H3/t11-/m0/s1. The van der Waals surface area contributed by atoms with Gasteiger partial charge >= 0.3 is 0 Å². The van der Waals surface area contributed by atoms with Crippen LogP contribution in [0.25, 0.3) is 0 Å². The second-order valence-electron chi connectivity index (χ2n) is 5.03. The molecule has 0 amide bonds. The van der Waals surface area contributed by atoms with Gasteiger partial charge in [-0.2, -0.15) is 0 Å². The lowest BCUT2D eigenvalue weighted by atomic mass is 9.72. The number of rotatable bonds is 2. The molecular formula is C13H22O. The van der Waals surface area contributed by atoms with Crippen molar-refractivity contribution < 1.29 is 5.11 Å². The van der Waals surface area contributed by atoms with Crippen molar-refractivity contribution in [1.82, 2.24) is 0 Å². The van der Waals surface area contributed by atoms with E-state index in [9.17, 15) is 5.11 Å². The Balaban J connectivity index is 2.91. The lowest BCUT2D eigenvalue weighted by Gasteiger charge is -2.33. The van der Waals surface area contributed by atoms with Crippen molar-refractivity contribution in [3.05, 3.63) is 23.3 Å². The molecule has 0 heterocycles. The van der Waals surface area contributed by atoms with E-state index in [1.807, 2.05) is 6.08 Å². The fraction of sp³-hybridized carbons (Fsp3) is 0.692. The van der Waals surface area contributed by atoms with Gasteiger partial charge in [0.1, 0.15) is 0 Å². The summed E-state index contributed by atoms with van der Waals surface area (Å²) in [5.41, 5.74) is 3.19. The average Bonchev–Trinajstić information content (AvgIpc) is 2.01. The van der Waals surface area contributed by atoms with Crippen LogP contribution in [0, 0.1) is 5.41 Å². The Labute approximate surface area is 87.5 Å². The normalized spacial score (nSPS) is 24.4. The van der Waals surface area contributed by atoms with Gasteiger partial charge in [-0.05, 0) is 44.1 Å². The maximum atomic E-state index is 9.23. The Kier molecular flexibility index (Phi) is 3.54. The quantitative estimate of drug-likeness (QED) is 0.714. The summed E-state index contributed by atoms with van der Waals surface area (Å²) in [5.74, 6) is 0. The molecule has 0 radical (unpaired) electrons. The van der Waals surface area contributed by atoms with Crippen molar-refractivity contribution in [3.63, 3.8) is 0 Å². The molecule has 1 heteroatoms. The highest BCUT2D eigenvalue weighted by molar-refractivity contribution is 5.32. The molecule has 1 atom stereocenters. The number of hydrogen-bond acceptors (Lipinski definition) is 1. The van der Waals surface area contributed by atoms with E-state index in [4.69, 9.17) is 0 Å². The van der Waals surface area contributed by atoms with Crippen LogP contribution in [-0.2, 0) is 0 Å². The molecule has 0 unspecified atom stereocenters. The zero-order valence-corrected chi connectivity index (χ0v) is 9.80. The van der Waals surface area contributed by atoms with Gasteiger partial charge in [0.25, 0.3) is 0 Å². The zero-order chi connectivity index (χ0) is 10.8. The molecule has 1 nitrogen and oxygen atoms in total. The fourth-order valence-corrected chi connectivity index (χ4v) is 2.25. The highest BCUT2D eigenvalue weighted by atomic mass is 16.3. The summed E-state index contributed by atoms with van der Waals surface area (Å²) < 4.78 is 0. The number of aliphatic hydroxyl groups is 1. The first kappa shape index (κ1) is 11.5. The van der Waals surface area contributed by atoms with Gasteiger partial charge in [-0.15, -0.1) is 0 Å². The molecule has 0 saturated heterocycles. The van der Waals surface area contributed by atoms with Crippen molar-refractivity contribution in [3.8, 4) is 0 Å². The van der Waals surface area contributed by atoms with E-state index in [1.165, 1.54) is 30.4 Å². The Morgan fingerprint density at radius 2 is 2.07 bits per heavy atom. The summed E-state index contributed by atoms with van der Waals surface area (Å²) in [6, 6.07) is 0. The second kappa shape index (κ2) is 4.31. The molecule has 0 fully saturated rings. The predicted molar refractivity (Wildman–Crippen MR) is 61.2 cm³/mol. The number of aliphatic hydroxyl groups excluding tert-OH is 1. The first-order chi connectivity index (χ1) is 6.43. The van der Waals surface area contributed by atoms with Crippen LogP contribution < -0.4 is 0 Å². The lowest BCUT2D eigenvalue weighted by molar-refractivity contribution is 0.243. The van der Waals surface area contributed by atoms with E-state index in [0.29, 0.717) is 0 Å². The van der Waals surface area contributed by atoms with Gasteiger partial charge < -0.3 is 5.11 Å². The number of hydrogen-bond donors (Lipinski definition) is 1. The van der Waals surface area contributed by atoms with E-state index in [2.05, 4.69) is 26.8 Å². The van der Waals surface area contributed by atoms with Gasteiger partial charge in [-0.1, -0.05) is 31.6 Å². The smallest absolute Gasteiger partial charge is 0.0695 e. The lowest BCUT2D eigenvalue weighted by Crippen LogP contribution is -2.19. The van der Waals surface area contributed by atoms with Crippen molar-refractivity contribution in [2.24, 2.45) is 5.41 Å². The van der Waals surface area contributed by atoms with Gasteiger partial charge in [0.15, 0.2) is 0 Å². The third-order valence-electron chi connectivity index (χ3n) is 3.08. The summed E-state index contributed by atoms with van der Waals surface area (Å²) in [7, 11) is 0. The Hall–Kier alpha value is -0.560. The maximum Gasteiger partial charge on any atom is 0.0695 e. The molecule has 1 aliphatic carbocycles. The minimum atomic E-state index is -0.340. The molecule has 80 valence electrons. The van der Waals surface area contributed by atoms with Crippen LogP contribution in [-0.4, -0.2) is 11.2 Å². The number of allylic oxidation sites excluding steroid dienone is 3. The largest absolute Gasteiger partial charge is 0.389 e. The van der Waals surface area contributed by atoms with E-state index >= 15 is 0 Å². The fourth-order valence-electron chi connectivity index (χ4n) is 2.25. The van der Waals surface area contributed by atoms with Crippen LogP contribution >= 0.6 is 0 Å². The van der Waals surface area contributed by atoms with Gasteiger partial charge in [-0.3, -0.25) is 0 Å². The van der Waals surface area contributed by atoms with E-state index < -0.39 is 0 Å². The predicted octanol–water partition coefficient (Wildman–Crippen LogP) is 3.45. The minimum Gasteiger partial charge on any atom is -0.389 e. The van der Waals surface area contributed by atoms with Crippen LogP contribution in [0.15, 0.2) is 23.3 Å². The topological polar surface area (TPSA) is 20.2 Å². The van der Waals surface area contributed by atoms with Crippen LogP contribution in [0.3, 0.4) is 0 Å². The van der Waals surface area contributed by atoms with Crippen molar-refractivity contribution >= 4 is 0 Å². The van der Waals surface area contributed by atoms with Crippen LogP contribution in [0.4, 0.5) is 0 Å². The third kappa shape index (κ3) is 2.71. The molecule has 1 N–H and O–H groups in total. The third-order valence-corrected chi connectivity index (χ3v) is 3.08. The molecule has 0 spiro atoms. The summed E-state index contributed by atoms with van der Waals surface area (Å²) in [6.07, 6.45) is 7.41. The monoisotopic (exact) mass is 194 g/mol. The summed E-state index contributed by atoms with van der Waals surface area (Å²) >= 11 is 0. The molecule has 0 aliphatic heterocycles. The van der Waals surface area contributed by atoms with Crippen molar-refractivity contribution in [2.45, 2.75) is 53.1 Å². The summed E-state index contributed by atoms with van der Waals surface area (Å²) in [5, 5.41) is 9.23. The second-order valence-corrected chi connectivity index (χ2v) is 5.03. The Morgan fingerprint density at radius 1 is 1.43 bits per heavy atom. The van der Waals surface area contributed by atoms with Crippen molar-refractivity contribution in [1.29, 1.82) is 0 Å². The zero-order valence-electron chi connectivity index (χ0n) is 9.80. The highest BCUT2D eigenvalue weighted by Crippen LogP contribution is 2.40. The molecule has 0 aromatic heterocycles. The maximum absolute atomic E-state index is 9.23. The van der Waals surface area contributed by atoms with Gasteiger partial charge in [0.2, 0.25) is 0 Å². The van der Waals surface area contributed by atoms with Crippen molar-refractivity contribution in [2.75, 3.05) is 0 Å². The molecule has 1 rings (SSSR count). The van der Waals surface area contributed by atoms with Gasteiger partial charge in [0, 0.05) is 0 Å². The SMILES string of the molecule is CC1=C(C=C[C@H](C)O)C(C)(C)CCC1. The van der Waals surface area contributed by atoms with E-state index in [0.717, 1.165) is 0 Å². The van der Waals surface area contributed by atoms with Crippen LogP contribution in [0.2, 0.25) is 0 Å². The molecular weight excluding hydrogens is 172 g/mol.